The Morgan fingerprint density at radius 3 is 2.40 bits per heavy atom. The van der Waals surface area contributed by atoms with Crippen molar-refractivity contribution >= 4 is 6.41 Å². The first-order valence-electron chi connectivity index (χ1n) is 6.40. The van der Waals surface area contributed by atoms with E-state index in [1.165, 1.54) is 0 Å². The standard InChI is InChI=1S/C16H17NO3/c1-13(17(19)12-18)15-7-9-16(10-8-15)20-11-14-5-3-2-4-6-14/h2-10,12-13,19H,11H2,1H3. The van der Waals surface area contributed by atoms with Crippen molar-refractivity contribution in [2.24, 2.45) is 0 Å². The molecule has 0 aliphatic rings. The zero-order chi connectivity index (χ0) is 14.4. The molecule has 2 aromatic rings. The number of benzene rings is 2. The van der Waals surface area contributed by atoms with E-state index in [1.807, 2.05) is 54.6 Å². The highest BCUT2D eigenvalue weighted by molar-refractivity contribution is 5.46. The summed E-state index contributed by atoms with van der Waals surface area (Å²) in [6.07, 6.45) is 0.393. The third-order valence-electron chi connectivity index (χ3n) is 3.12. The van der Waals surface area contributed by atoms with Gasteiger partial charge in [-0.3, -0.25) is 10.0 Å². The van der Waals surface area contributed by atoms with Crippen LogP contribution in [0, 0.1) is 0 Å². The van der Waals surface area contributed by atoms with E-state index < -0.39 is 0 Å². The average molecular weight is 271 g/mol. The van der Waals surface area contributed by atoms with Gasteiger partial charge in [-0.05, 0) is 30.2 Å². The molecule has 0 bridgehead atoms. The van der Waals surface area contributed by atoms with Crippen molar-refractivity contribution in [1.29, 1.82) is 0 Å². The molecule has 0 aliphatic carbocycles. The van der Waals surface area contributed by atoms with Gasteiger partial charge in [-0.15, -0.1) is 0 Å². The maximum atomic E-state index is 10.5. The van der Waals surface area contributed by atoms with Gasteiger partial charge in [-0.2, -0.15) is 0 Å². The SMILES string of the molecule is CC(c1ccc(OCc2ccccc2)cc1)N(O)C=O. The lowest BCUT2D eigenvalue weighted by Crippen LogP contribution is -2.20. The zero-order valence-electron chi connectivity index (χ0n) is 11.3. The molecule has 2 aromatic carbocycles. The second-order valence-corrected chi connectivity index (χ2v) is 4.50. The fourth-order valence-electron chi connectivity index (χ4n) is 1.83. The van der Waals surface area contributed by atoms with Gasteiger partial charge >= 0.3 is 0 Å². The Hall–Kier alpha value is -2.33. The van der Waals surface area contributed by atoms with Gasteiger partial charge in [0.1, 0.15) is 12.4 Å². The molecule has 4 heteroatoms. The second kappa shape index (κ2) is 6.73. The number of amides is 1. The average Bonchev–Trinajstić information content (AvgIpc) is 2.53. The minimum absolute atomic E-state index is 0.379. The summed E-state index contributed by atoms with van der Waals surface area (Å²) in [5.41, 5.74) is 1.94. The molecule has 1 atom stereocenters. The molecule has 1 amide bonds. The minimum Gasteiger partial charge on any atom is -0.489 e. The molecule has 1 unspecified atom stereocenters. The lowest BCUT2D eigenvalue weighted by atomic mass is 10.1. The fourth-order valence-corrected chi connectivity index (χ4v) is 1.83. The Labute approximate surface area is 118 Å². The lowest BCUT2D eigenvalue weighted by Gasteiger charge is -2.18. The summed E-state index contributed by atoms with van der Waals surface area (Å²) in [6, 6.07) is 16.9. The first-order chi connectivity index (χ1) is 9.70. The van der Waals surface area contributed by atoms with Crippen LogP contribution in [0.5, 0.6) is 5.75 Å². The number of nitrogens with zero attached hydrogens (tertiary/aromatic N) is 1. The van der Waals surface area contributed by atoms with Gasteiger partial charge in [0.05, 0.1) is 6.04 Å². The van der Waals surface area contributed by atoms with Crippen molar-refractivity contribution < 1.29 is 14.7 Å². The van der Waals surface area contributed by atoms with E-state index in [0.29, 0.717) is 18.1 Å². The molecule has 0 heterocycles. The van der Waals surface area contributed by atoms with Crippen LogP contribution < -0.4 is 4.74 Å². The molecule has 104 valence electrons. The summed E-state index contributed by atoms with van der Waals surface area (Å²) in [5.74, 6) is 0.750. The molecule has 4 nitrogen and oxygen atoms in total. The second-order valence-electron chi connectivity index (χ2n) is 4.50. The maximum Gasteiger partial charge on any atom is 0.233 e. The van der Waals surface area contributed by atoms with Crippen molar-refractivity contribution in [2.45, 2.75) is 19.6 Å². The molecule has 0 spiro atoms. The van der Waals surface area contributed by atoms with E-state index in [-0.39, 0.29) is 6.04 Å². The van der Waals surface area contributed by atoms with E-state index in [2.05, 4.69) is 0 Å². The summed E-state index contributed by atoms with van der Waals surface area (Å²) in [7, 11) is 0. The third kappa shape index (κ3) is 3.59. The first kappa shape index (κ1) is 14.1. The number of carbonyl (C=O) groups excluding carboxylic acids is 1. The number of ether oxygens (including phenoxy) is 1. The van der Waals surface area contributed by atoms with Crippen LogP contribution in [-0.2, 0) is 11.4 Å². The van der Waals surface area contributed by atoms with Crippen molar-refractivity contribution in [3.8, 4) is 5.75 Å². The van der Waals surface area contributed by atoms with Crippen LogP contribution in [0.25, 0.3) is 0 Å². The van der Waals surface area contributed by atoms with Crippen molar-refractivity contribution in [2.75, 3.05) is 0 Å². The molecule has 0 radical (unpaired) electrons. The Balaban J connectivity index is 1.96. The topological polar surface area (TPSA) is 49.8 Å². The highest BCUT2D eigenvalue weighted by atomic mass is 16.5. The highest BCUT2D eigenvalue weighted by Gasteiger charge is 2.11. The van der Waals surface area contributed by atoms with Crippen molar-refractivity contribution in [1.82, 2.24) is 5.06 Å². The van der Waals surface area contributed by atoms with Crippen LogP contribution in [0.4, 0.5) is 0 Å². The number of carbonyl (C=O) groups is 1. The molecule has 0 fully saturated rings. The van der Waals surface area contributed by atoms with Crippen LogP contribution in [-0.4, -0.2) is 16.7 Å². The van der Waals surface area contributed by atoms with Gasteiger partial charge in [0.25, 0.3) is 0 Å². The molecular weight excluding hydrogens is 254 g/mol. The zero-order valence-corrected chi connectivity index (χ0v) is 11.3. The fraction of sp³-hybridized carbons (Fsp3) is 0.188. The molecule has 0 aromatic heterocycles. The molecule has 0 saturated heterocycles. The predicted molar refractivity (Wildman–Crippen MR) is 75.3 cm³/mol. The number of hydrogen-bond donors (Lipinski definition) is 1. The molecular formula is C16H17NO3. The maximum absolute atomic E-state index is 10.5. The number of hydroxylamine groups is 2. The van der Waals surface area contributed by atoms with Gasteiger partial charge in [0.15, 0.2) is 0 Å². The van der Waals surface area contributed by atoms with Crippen molar-refractivity contribution in [3.63, 3.8) is 0 Å². The Morgan fingerprint density at radius 1 is 1.15 bits per heavy atom. The number of rotatable bonds is 6. The van der Waals surface area contributed by atoms with Crippen LogP contribution >= 0.6 is 0 Å². The summed E-state index contributed by atoms with van der Waals surface area (Å²) in [6.45, 7) is 2.25. The number of hydrogen-bond acceptors (Lipinski definition) is 3. The predicted octanol–water partition coefficient (Wildman–Crippen LogP) is 3.17. The Morgan fingerprint density at radius 2 is 1.80 bits per heavy atom. The van der Waals surface area contributed by atoms with E-state index in [0.717, 1.165) is 16.9 Å². The van der Waals surface area contributed by atoms with Gasteiger partial charge < -0.3 is 4.74 Å². The monoisotopic (exact) mass is 271 g/mol. The molecule has 20 heavy (non-hydrogen) atoms. The largest absolute Gasteiger partial charge is 0.489 e. The van der Waals surface area contributed by atoms with Crippen molar-refractivity contribution in [3.05, 3.63) is 65.7 Å². The van der Waals surface area contributed by atoms with Gasteiger partial charge in [0, 0.05) is 0 Å². The van der Waals surface area contributed by atoms with E-state index in [4.69, 9.17) is 4.74 Å². The molecule has 1 N–H and O–H groups in total. The van der Waals surface area contributed by atoms with Gasteiger partial charge in [-0.1, -0.05) is 42.5 Å². The summed E-state index contributed by atoms with van der Waals surface area (Å²) in [4.78, 5) is 10.5. The lowest BCUT2D eigenvalue weighted by molar-refractivity contribution is -0.159. The molecule has 2 rings (SSSR count). The van der Waals surface area contributed by atoms with E-state index in [9.17, 15) is 10.0 Å². The molecule has 0 saturated carbocycles. The Kier molecular flexibility index (Phi) is 4.74. The molecule has 0 aliphatic heterocycles. The summed E-state index contributed by atoms with van der Waals surface area (Å²) >= 11 is 0. The quantitative estimate of drug-likeness (QED) is 0.499. The van der Waals surface area contributed by atoms with Crippen LogP contribution in [0.1, 0.15) is 24.1 Å². The van der Waals surface area contributed by atoms with Gasteiger partial charge in [-0.25, -0.2) is 5.06 Å². The summed E-state index contributed by atoms with van der Waals surface area (Å²) < 4.78 is 5.67. The van der Waals surface area contributed by atoms with Crippen LogP contribution in [0.15, 0.2) is 54.6 Å². The summed E-state index contributed by atoms with van der Waals surface area (Å²) in [5, 5.41) is 9.97. The minimum atomic E-state index is -0.379. The van der Waals surface area contributed by atoms with E-state index >= 15 is 0 Å². The van der Waals surface area contributed by atoms with Crippen LogP contribution in [0.3, 0.4) is 0 Å². The van der Waals surface area contributed by atoms with Gasteiger partial charge in [0.2, 0.25) is 6.41 Å². The smallest absolute Gasteiger partial charge is 0.233 e. The first-order valence-corrected chi connectivity index (χ1v) is 6.40. The van der Waals surface area contributed by atoms with E-state index in [1.54, 1.807) is 6.92 Å². The Bertz CT molecular complexity index is 539. The third-order valence-corrected chi connectivity index (χ3v) is 3.12. The normalized spacial score (nSPS) is 11.7. The highest BCUT2D eigenvalue weighted by Crippen LogP contribution is 2.21. The van der Waals surface area contributed by atoms with Crippen LogP contribution in [0.2, 0.25) is 0 Å².